The Bertz CT molecular complexity index is 458. The van der Waals surface area contributed by atoms with Crippen LogP contribution in [-0.4, -0.2) is 9.46 Å². The van der Waals surface area contributed by atoms with Gasteiger partial charge >= 0.3 is 0 Å². The number of benzene rings is 1. The molecule has 0 heterocycles. The SMILES string of the molecule is Cc1cc(S(=O)C2CCC(C)C(C)C2)ccc1N. The minimum atomic E-state index is -0.880. The zero-order chi connectivity index (χ0) is 13.3. The molecule has 1 fully saturated rings. The average molecular weight is 265 g/mol. The summed E-state index contributed by atoms with van der Waals surface area (Å²) >= 11 is 0. The van der Waals surface area contributed by atoms with Gasteiger partial charge in [-0.1, -0.05) is 13.8 Å². The van der Waals surface area contributed by atoms with Crippen molar-refractivity contribution in [3.63, 3.8) is 0 Å². The van der Waals surface area contributed by atoms with E-state index in [0.717, 1.165) is 34.9 Å². The highest BCUT2D eigenvalue weighted by Crippen LogP contribution is 2.34. The average Bonchev–Trinajstić information content (AvgIpc) is 2.35. The molecule has 0 bridgehead atoms. The van der Waals surface area contributed by atoms with Crippen LogP contribution < -0.4 is 5.73 Å². The first kappa shape index (κ1) is 13.6. The molecule has 2 rings (SSSR count). The molecule has 3 heteroatoms. The summed E-state index contributed by atoms with van der Waals surface area (Å²) in [6.45, 7) is 6.56. The molecule has 0 amide bonds. The summed E-state index contributed by atoms with van der Waals surface area (Å²) in [5.74, 6) is 1.45. The number of aryl methyl sites for hydroxylation is 1. The van der Waals surface area contributed by atoms with Crippen molar-refractivity contribution in [2.24, 2.45) is 11.8 Å². The van der Waals surface area contributed by atoms with Crippen molar-refractivity contribution in [2.75, 3.05) is 5.73 Å². The van der Waals surface area contributed by atoms with Crippen LogP contribution in [0.25, 0.3) is 0 Å². The first-order valence-corrected chi connectivity index (χ1v) is 7.97. The van der Waals surface area contributed by atoms with Gasteiger partial charge in [-0.25, -0.2) is 0 Å². The fourth-order valence-corrected chi connectivity index (χ4v) is 4.37. The van der Waals surface area contributed by atoms with Crippen molar-refractivity contribution in [3.8, 4) is 0 Å². The molecule has 1 aromatic carbocycles. The van der Waals surface area contributed by atoms with E-state index in [0.29, 0.717) is 11.2 Å². The smallest absolute Gasteiger partial charge is 0.0561 e. The Labute approximate surface area is 112 Å². The van der Waals surface area contributed by atoms with Crippen molar-refractivity contribution in [1.29, 1.82) is 0 Å². The second kappa shape index (κ2) is 5.43. The van der Waals surface area contributed by atoms with Crippen molar-refractivity contribution >= 4 is 16.5 Å². The number of hydrogen-bond donors (Lipinski definition) is 1. The van der Waals surface area contributed by atoms with E-state index >= 15 is 0 Å². The number of hydrogen-bond acceptors (Lipinski definition) is 2. The van der Waals surface area contributed by atoms with E-state index in [9.17, 15) is 4.21 Å². The first-order valence-electron chi connectivity index (χ1n) is 6.75. The normalized spacial score (nSPS) is 30.1. The monoisotopic (exact) mass is 265 g/mol. The number of anilines is 1. The molecule has 18 heavy (non-hydrogen) atoms. The maximum Gasteiger partial charge on any atom is 0.0561 e. The molecule has 1 saturated carbocycles. The Morgan fingerprint density at radius 3 is 2.56 bits per heavy atom. The van der Waals surface area contributed by atoms with E-state index in [-0.39, 0.29) is 0 Å². The Balaban J connectivity index is 2.14. The highest BCUT2D eigenvalue weighted by molar-refractivity contribution is 7.85. The van der Waals surface area contributed by atoms with Gasteiger partial charge < -0.3 is 5.73 Å². The summed E-state index contributed by atoms with van der Waals surface area (Å²) in [6, 6.07) is 5.77. The second-order valence-corrected chi connectivity index (χ2v) is 7.44. The molecule has 100 valence electrons. The van der Waals surface area contributed by atoms with Gasteiger partial charge in [-0.05, 0) is 61.8 Å². The topological polar surface area (TPSA) is 43.1 Å². The van der Waals surface area contributed by atoms with E-state index in [2.05, 4.69) is 13.8 Å². The maximum atomic E-state index is 12.6. The van der Waals surface area contributed by atoms with Gasteiger partial charge in [-0.3, -0.25) is 4.21 Å². The third-order valence-corrected chi connectivity index (χ3v) is 6.08. The summed E-state index contributed by atoms with van der Waals surface area (Å²) in [5, 5.41) is 0.319. The van der Waals surface area contributed by atoms with Crippen molar-refractivity contribution in [2.45, 2.75) is 50.2 Å². The highest BCUT2D eigenvalue weighted by atomic mass is 32.2. The van der Waals surface area contributed by atoms with E-state index in [1.807, 2.05) is 25.1 Å². The summed E-state index contributed by atoms with van der Waals surface area (Å²) in [4.78, 5) is 0.938. The minimum absolute atomic E-state index is 0.319. The third-order valence-electron chi connectivity index (χ3n) is 4.33. The zero-order valence-corrected chi connectivity index (χ0v) is 12.3. The van der Waals surface area contributed by atoms with Crippen LogP contribution in [0.1, 0.15) is 38.7 Å². The summed E-state index contributed by atoms with van der Waals surface area (Å²) in [7, 11) is -0.880. The lowest BCUT2D eigenvalue weighted by Crippen LogP contribution is -2.27. The summed E-state index contributed by atoms with van der Waals surface area (Å²) in [5.41, 5.74) is 7.61. The molecule has 0 spiro atoms. The molecule has 1 aliphatic carbocycles. The van der Waals surface area contributed by atoms with Crippen LogP contribution in [0.15, 0.2) is 23.1 Å². The van der Waals surface area contributed by atoms with Gasteiger partial charge in [0.25, 0.3) is 0 Å². The predicted molar refractivity (Wildman–Crippen MR) is 78.0 cm³/mol. The molecule has 0 aliphatic heterocycles. The molecule has 0 aromatic heterocycles. The molecular weight excluding hydrogens is 242 g/mol. The molecule has 4 atom stereocenters. The van der Waals surface area contributed by atoms with Crippen LogP contribution >= 0.6 is 0 Å². The quantitative estimate of drug-likeness (QED) is 0.832. The second-order valence-electron chi connectivity index (χ2n) is 5.71. The van der Waals surface area contributed by atoms with Crippen LogP contribution in [-0.2, 0) is 10.8 Å². The Kier molecular flexibility index (Phi) is 4.10. The molecule has 0 radical (unpaired) electrons. The molecular formula is C15H23NOS. The van der Waals surface area contributed by atoms with Crippen LogP contribution in [0.5, 0.6) is 0 Å². The van der Waals surface area contributed by atoms with Crippen molar-refractivity contribution in [1.82, 2.24) is 0 Å². The number of nitrogen functional groups attached to an aromatic ring is 1. The third kappa shape index (κ3) is 2.77. The predicted octanol–water partition coefficient (Wildman–Crippen LogP) is 3.51. The molecule has 1 aromatic rings. The van der Waals surface area contributed by atoms with Crippen LogP contribution in [0, 0.1) is 18.8 Å². The summed E-state index contributed by atoms with van der Waals surface area (Å²) in [6.07, 6.45) is 3.37. The molecule has 0 saturated heterocycles. The van der Waals surface area contributed by atoms with E-state index < -0.39 is 10.8 Å². The molecule has 4 unspecified atom stereocenters. The van der Waals surface area contributed by atoms with Crippen LogP contribution in [0.4, 0.5) is 5.69 Å². The van der Waals surface area contributed by atoms with Crippen LogP contribution in [0.2, 0.25) is 0 Å². The Hall–Kier alpha value is -0.830. The lowest BCUT2D eigenvalue weighted by molar-refractivity contribution is 0.281. The van der Waals surface area contributed by atoms with Crippen molar-refractivity contribution < 1.29 is 4.21 Å². The molecule has 1 aliphatic rings. The highest BCUT2D eigenvalue weighted by Gasteiger charge is 2.28. The van der Waals surface area contributed by atoms with Gasteiger partial charge in [-0.2, -0.15) is 0 Å². The first-order chi connectivity index (χ1) is 8.49. The van der Waals surface area contributed by atoms with E-state index in [1.165, 1.54) is 6.42 Å². The fraction of sp³-hybridized carbons (Fsp3) is 0.600. The van der Waals surface area contributed by atoms with E-state index in [4.69, 9.17) is 5.73 Å². The summed E-state index contributed by atoms with van der Waals surface area (Å²) < 4.78 is 12.6. The fourth-order valence-electron chi connectivity index (χ4n) is 2.66. The molecule has 2 nitrogen and oxygen atoms in total. The van der Waals surface area contributed by atoms with Gasteiger partial charge in [0, 0.05) is 15.8 Å². The minimum Gasteiger partial charge on any atom is -0.399 e. The maximum absolute atomic E-state index is 12.6. The van der Waals surface area contributed by atoms with Gasteiger partial charge in [-0.15, -0.1) is 0 Å². The Morgan fingerprint density at radius 1 is 1.22 bits per heavy atom. The van der Waals surface area contributed by atoms with Gasteiger partial charge in [0.2, 0.25) is 0 Å². The van der Waals surface area contributed by atoms with Crippen molar-refractivity contribution in [3.05, 3.63) is 23.8 Å². The lowest BCUT2D eigenvalue weighted by Gasteiger charge is -2.31. The zero-order valence-electron chi connectivity index (χ0n) is 11.5. The van der Waals surface area contributed by atoms with Crippen LogP contribution in [0.3, 0.4) is 0 Å². The standard InChI is InChI=1S/C15H23NOS/c1-10-4-5-13(8-11(10)2)18(17)14-6-7-15(16)12(3)9-14/h6-7,9-11,13H,4-5,8,16H2,1-3H3. The van der Waals surface area contributed by atoms with E-state index in [1.54, 1.807) is 0 Å². The number of nitrogens with two attached hydrogens (primary N) is 1. The largest absolute Gasteiger partial charge is 0.399 e. The molecule has 2 N–H and O–H groups in total. The van der Waals surface area contributed by atoms with Gasteiger partial charge in [0.1, 0.15) is 0 Å². The van der Waals surface area contributed by atoms with Gasteiger partial charge in [0.15, 0.2) is 0 Å². The Morgan fingerprint density at radius 2 is 1.94 bits per heavy atom. The number of rotatable bonds is 2. The van der Waals surface area contributed by atoms with Gasteiger partial charge in [0.05, 0.1) is 10.8 Å². The lowest BCUT2D eigenvalue weighted by atomic mass is 9.81.